The number of aromatic amines is 1. The van der Waals surface area contributed by atoms with E-state index in [9.17, 15) is 0 Å². The first-order chi connectivity index (χ1) is 3.84. The molecule has 1 N–H and O–H groups in total. The van der Waals surface area contributed by atoms with Gasteiger partial charge in [-0.3, -0.25) is 0 Å². The van der Waals surface area contributed by atoms with E-state index in [-0.39, 0.29) is 0 Å². The maximum atomic E-state index is 3.09. The third kappa shape index (κ3) is 1.00. The molecule has 1 nitrogen and oxygen atoms in total. The monoisotopic (exact) mass is 196 g/mol. The molecule has 1 aromatic heterocycles. The molecule has 0 aromatic carbocycles. The Bertz CT molecular complexity index is 169. The molecule has 1 heterocycles. The Morgan fingerprint density at radius 2 is 2.50 bits per heavy atom. The summed E-state index contributed by atoms with van der Waals surface area (Å²) in [6, 6.07) is 2.10. The fourth-order valence-electron chi connectivity index (χ4n) is 0.646. The molecule has 0 unspecified atom stereocenters. The Kier molecular flexibility index (Phi) is 1.85. The standard InChI is InChI=1S/C6H8N.Ru/c1-2-6-3-4-7-5-6;/h3-4,7H,2H2,1H3;. The molecular weight excluding hydrogens is 187 g/mol. The molecule has 0 fully saturated rings. The van der Waals surface area contributed by atoms with Crippen molar-refractivity contribution in [3.8, 4) is 0 Å². The van der Waals surface area contributed by atoms with Crippen LogP contribution in [0.25, 0.3) is 0 Å². The first-order valence-corrected chi connectivity index (χ1v) is 3.52. The third-order valence-corrected chi connectivity index (χ3v) is 1.96. The van der Waals surface area contributed by atoms with Crippen molar-refractivity contribution < 1.29 is 18.3 Å². The van der Waals surface area contributed by atoms with E-state index in [1.165, 1.54) is 9.85 Å². The number of hydrogen-bond donors (Lipinski definition) is 1. The molecule has 0 saturated carbocycles. The second kappa shape index (κ2) is 2.45. The van der Waals surface area contributed by atoms with Crippen molar-refractivity contribution >= 4 is 4.29 Å². The van der Waals surface area contributed by atoms with Gasteiger partial charge in [-0.1, -0.05) is 0 Å². The predicted molar refractivity (Wildman–Crippen MR) is 29.8 cm³/mol. The van der Waals surface area contributed by atoms with Crippen LogP contribution in [-0.2, 0) is 24.7 Å². The third-order valence-electron chi connectivity index (χ3n) is 1.15. The molecule has 0 aliphatic rings. The van der Waals surface area contributed by atoms with Crippen molar-refractivity contribution in [3.63, 3.8) is 0 Å². The molecule has 0 aliphatic carbocycles. The summed E-state index contributed by atoms with van der Waals surface area (Å²) in [5, 5.41) is 0. The van der Waals surface area contributed by atoms with Gasteiger partial charge in [-0.25, -0.2) is 0 Å². The SMILES string of the molecule is CCc1cc[nH][c]1[Ru]. The van der Waals surface area contributed by atoms with E-state index in [1.807, 2.05) is 6.20 Å². The zero-order valence-corrected chi connectivity index (χ0v) is 6.45. The van der Waals surface area contributed by atoms with Crippen LogP contribution >= 0.6 is 0 Å². The van der Waals surface area contributed by atoms with Gasteiger partial charge in [-0.2, -0.15) is 0 Å². The van der Waals surface area contributed by atoms with Crippen LogP contribution < -0.4 is 4.29 Å². The van der Waals surface area contributed by atoms with E-state index in [0.717, 1.165) is 6.42 Å². The molecule has 0 spiro atoms. The predicted octanol–water partition coefficient (Wildman–Crippen LogP) is 0.749. The van der Waals surface area contributed by atoms with Crippen LogP contribution in [0.3, 0.4) is 0 Å². The van der Waals surface area contributed by atoms with Gasteiger partial charge in [-0.05, 0) is 0 Å². The van der Waals surface area contributed by atoms with Crippen molar-refractivity contribution in [3.05, 3.63) is 17.8 Å². The number of H-pyrrole nitrogens is 1. The van der Waals surface area contributed by atoms with Crippen LogP contribution in [0, 0.1) is 0 Å². The van der Waals surface area contributed by atoms with Crippen molar-refractivity contribution in [2.75, 3.05) is 0 Å². The van der Waals surface area contributed by atoms with Gasteiger partial charge in [-0.15, -0.1) is 0 Å². The maximum absolute atomic E-state index is 3.09. The zero-order valence-electron chi connectivity index (χ0n) is 4.72. The fourth-order valence-corrected chi connectivity index (χ4v) is 1.24. The number of aromatic nitrogens is 1. The second-order valence-corrected chi connectivity index (χ2v) is 2.53. The molecule has 0 atom stereocenters. The van der Waals surface area contributed by atoms with Crippen molar-refractivity contribution in [2.45, 2.75) is 13.3 Å². The molecule has 45 valence electrons. The Balaban J connectivity index is 2.92. The van der Waals surface area contributed by atoms with Crippen molar-refractivity contribution in [1.82, 2.24) is 4.98 Å². The Labute approximate surface area is 59.2 Å². The van der Waals surface area contributed by atoms with E-state index in [1.54, 1.807) is 0 Å². The Hall–Kier alpha value is -0.0966. The summed E-state index contributed by atoms with van der Waals surface area (Å²) in [6.07, 6.45) is 3.08. The van der Waals surface area contributed by atoms with Crippen LogP contribution in [0.2, 0.25) is 0 Å². The molecule has 1 rings (SSSR count). The van der Waals surface area contributed by atoms with Gasteiger partial charge >= 0.3 is 58.7 Å². The van der Waals surface area contributed by atoms with Crippen LogP contribution in [0.5, 0.6) is 0 Å². The van der Waals surface area contributed by atoms with Gasteiger partial charge in [0.05, 0.1) is 0 Å². The van der Waals surface area contributed by atoms with Crippen LogP contribution in [-0.4, -0.2) is 4.98 Å². The molecule has 0 radical (unpaired) electrons. The number of aryl methyl sites for hydroxylation is 1. The summed E-state index contributed by atoms with van der Waals surface area (Å²) in [5.41, 5.74) is 1.39. The normalized spacial score (nSPS) is 9.75. The second-order valence-electron chi connectivity index (χ2n) is 1.66. The van der Waals surface area contributed by atoms with Gasteiger partial charge in [0.15, 0.2) is 0 Å². The number of nitrogens with one attached hydrogen (secondary N) is 1. The minimum atomic E-state index is 1.12. The van der Waals surface area contributed by atoms with Crippen LogP contribution in [0.15, 0.2) is 12.3 Å². The van der Waals surface area contributed by atoms with E-state index in [2.05, 4.69) is 36.3 Å². The Morgan fingerprint density at radius 3 is 2.75 bits per heavy atom. The topological polar surface area (TPSA) is 15.8 Å². The van der Waals surface area contributed by atoms with E-state index >= 15 is 0 Å². The van der Waals surface area contributed by atoms with Gasteiger partial charge in [0, 0.05) is 0 Å². The number of hydrogen-bond acceptors (Lipinski definition) is 0. The van der Waals surface area contributed by atoms with Crippen molar-refractivity contribution in [1.29, 1.82) is 0 Å². The average molecular weight is 195 g/mol. The van der Waals surface area contributed by atoms with E-state index in [0.29, 0.717) is 0 Å². The van der Waals surface area contributed by atoms with E-state index in [4.69, 9.17) is 0 Å². The Morgan fingerprint density at radius 1 is 1.75 bits per heavy atom. The summed E-state index contributed by atoms with van der Waals surface area (Å²) in [7, 11) is 0. The summed E-state index contributed by atoms with van der Waals surface area (Å²) in [6.45, 7) is 2.15. The summed E-state index contributed by atoms with van der Waals surface area (Å²) >= 11 is 2.57. The van der Waals surface area contributed by atoms with E-state index < -0.39 is 0 Å². The molecule has 8 heavy (non-hydrogen) atoms. The average Bonchev–Trinajstić information content (AvgIpc) is 2.14. The van der Waals surface area contributed by atoms with Gasteiger partial charge in [0.1, 0.15) is 0 Å². The first-order valence-electron chi connectivity index (χ1n) is 2.65. The summed E-state index contributed by atoms with van der Waals surface area (Å²) in [4.78, 5) is 3.09. The zero-order chi connectivity index (χ0) is 5.98. The van der Waals surface area contributed by atoms with Gasteiger partial charge in [0.2, 0.25) is 0 Å². The van der Waals surface area contributed by atoms with Gasteiger partial charge < -0.3 is 0 Å². The molecule has 0 bridgehead atoms. The fraction of sp³-hybridized carbons (Fsp3) is 0.333. The molecule has 1 aromatic rings. The van der Waals surface area contributed by atoms with Crippen LogP contribution in [0.1, 0.15) is 12.5 Å². The molecule has 0 aliphatic heterocycles. The molecule has 0 amide bonds. The summed E-state index contributed by atoms with van der Waals surface area (Å²) in [5.74, 6) is 0. The quantitative estimate of drug-likeness (QED) is 0.636. The van der Waals surface area contributed by atoms with Crippen LogP contribution in [0.4, 0.5) is 0 Å². The summed E-state index contributed by atoms with van der Waals surface area (Å²) < 4.78 is 1.23. The molecule has 2 heteroatoms. The minimum absolute atomic E-state index is 1.12. The first kappa shape index (κ1) is 6.03. The number of rotatable bonds is 1. The molecule has 0 saturated heterocycles. The molecular formula is C6H8NRu. The van der Waals surface area contributed by atoms with Crippen molar-refractivity contribution in [2.24, 2.45) is 0 Å². The van der Waals surface area contributed by atoms with Gasteiger partial charge in [0.25, 0.3) is 0 Å².